The summed E-state index contributed by atoms with van der Waals surface area (Å²) in [4.78, 5) is 39.3. The second-order valence-corrected chi connectivity index (χ2v) is 7.10. The van der Waals surface area contributed by atoms with E-state index in [1.165, 1.54) is 0 Å². The molecule has 0 unspecified atom stereocenters. The van der Waals surface area contributed by atoms with Gasteiger partial charge in [0.25, 0.3) is 11.8 Å². The van der Waals surface area contributed by atoms with Crippen LogP contribution in [0.25, 0.3) is 21.9 Å². The van der Waals surface area contributed by atoms with Crippen LogP contribution in [-0.4, -0.2) is 42.3 Å². The molecule has 3 amide bonds. The van der Waals surface area contributed by atoms with E-state index >= 15 is 0 Å². The molecule has 2 aromatic carbocycles. The lowest BCUT2D eigenvalue weighted by atomic mass is 10.2. The molecule has 164 valence electrons. The Labute approximate surface area is 182 Å². The summed E-state index contributed by atoms with van der Waals surface area (Å²) in [6, 6.07) is 13.6. The minimum atomic E-state index is -0.426. The zero-order valence-electron chi connectivity index (χ0n) is 17.0. The Morgan fingerprint density at radius 1 is 0.875 bits per heavy atom. The Morgan fingerprint density at radius 2 is 1.62 bits per heavy atom. The lowest BCUT2D eigenvalue weighted by Crippen LogP contribution is -2.29. The predicted octanol–water partition coefficient (Wildman–Crippen LogP) is 1.75. The van der Waals surface area contributed by atoms with Gasteiger partial charge in [-0.15, -0.1) is 0 Å². The van der Waals surface area contributed by atoms with Crippen molar-refractivity contribution >= 4 is 51.0 Å². The summed E-state index contributed by atoms with van der Waals surface area (Å²) in [5.74, 6) is -0.865. The van der Waals surface area contributed by atoms with Gasteiger partial charge in [-0.05, 0) is 48.5 Å². The Hall–Kier alpha value is -4.15. The average molecular weight is 434 g/mol. The molecule has 10 nitrogen and oxygen atoms in total. The van der Waals surface area contributed by atoms with Gasteiger partial charge in [0, 0.05) is 40.8 Å². The van der Waals surface area contributed by atoms with Crippen LogP contribution < -0.4 is 27.4 Å². The van der Waals surface area contributed by atoms with Crippen LogP contribution in [0.2, 0.25) is 0 Å². The maximum absolute atomic E-state index is 12.7. The van der Waals surface area contributed by atoms with Crippen molar-refractivity contribution in [3.63, 3.8) is 0 Å². The predicted molar refractivity (Wildman–Crippen MR) is 122 cm³/mol. The van der Waals surface area contributed by atoms with E-state index in [2.05, 4.69) is 20.9 Å². The van der Waals surface area contributed by atoms with E-state index in [1.54, 1.807) is 48.5 Å². The van der Waals surface area contributed by atoms with Crippen molar-refractivity contribution in [1.29, 1.82) is 0 Å². The second kappa shape index (κ2) is 8.92. The van der Waals surface area contributed by atoms with Crippen molar-refractivity contribution in [2.75, 3.05) is 30.3 Å². The first-order valence-corrected chi connectivity index (χ1v) is 9.92. The number of fused-ring (bicyclic) bond motifs is 2. The van der Waals surface area contributed by atoms with Crippen molar-refractivity contribution < 1.29 is 18.8 Å². The number of hydrogen-bond acceptors (Lipinski definition) is 6. The molecule has 4 aromatic rings. The summed E-state index contributed by atoms with van der Waals surface area (Å²) in [5.41, 5.74) is 13.5. The number of aromatic nitrogens is 1. The van der Waals surface area contributed by atoms with E-state index in [-0.39, 0.29) is 24.1 Å². The van der Waals surface area contributed by atoms with E-state index in [0.29, 0.717) is 41.1 Å². The summed E-state index contributed by atoms with van der Waals surface area (Å²) in [6.07, 6.45) is 0. The molecule has 0 aliphatic rings. The topological polar surface area (TPSA) is 168 Å². The number of H-pyrrole nitrogens is 1. The van der Waals surface area contributed by atoms with Crippen LogP contribution in [0, 0.1) is 0 Å². The van der Waals surface area contributed by atoms with Gasteiger partial charge in [0.15, 0.2) is 5.76 Å². The first-order chi connectivity index (χ1) is 15.5. The normalized spacial score (nSPS) is 10.9. The minimum absolute atomic E-state index is 0.123. The molecule has 0 aliphatic heterocycles. The van der Waals surface area contributed by atoms with E-state index in [9.17, 15) is 14.4 Å². The molecule has 0 saturated carbocycles. The summed E-state index contributed by atoms with van der Waals surface area (Å²) in [6.45, 7) is 0.615. The van der Waals surface area contributed by atoms with Gasteiger partial charge in [0.2, 0.25) is 5.91 Å². The number of anilines is 2. The summed E-state index contributed by atoms with van der Waals surface area (Å²) in [5, 5.41) is 9.58. The number of amides is 3. The third-order valence-electron chi connectivity index (χ3n) is 4.76. The molecule has 0 spiro atoms. The highest BCUT2D eigenvalue weighted by Gasteiger charge is 2.15. The van der Waals surface area contributed by atoms with Crippen LogP contribution in [0.4, 0.5) is 11.4 Å². The molecule has 32 heavy (non-hydrogen) atoms. The van der Waals surface area contributed by atoms with E-state index in [0.717, 1.165) is 10.9 Å². The van der Waals surface area contributed by atoms with Crippen molar-refractivity contribution in [3.05, 3.63) is 60.0 Å². The molecule has 0 bridgehead atoms. The van der Waals surface area contributed by atoms with Crippen LogP contribution in [0.5, 0.6) is 0 Å². The number of benzene rings is 2. The molecule has 0 atom stereocenters. The highest BCUT2D eigenvalue weighted by Crippen LogP contribution is 2.25. The van der Waals surface area contributed by atoms with Crippen LogP contribution >= 0.6 is 0 Å². The zero-order valence-corrected chi connectivity index (χ0v) is 17.0. The van der Waals surface area contributed by atoms with Gasteiger partial charge in [0.05, 0.1) is 6.54 Å². The van der Waals surface area contributed by atoms with Gasteiger partial charge in [-0.25, -0.2) is 0 Å². The lowest BCUT2D eigenvalue weighted by molar-refractivity contribution is -0.114. The van der Waals surface area contributed by atoms with Crippen LogP contribution in [0.3, 0.4) is 0 Å². The van der Waals surface area contributed by atoms with E-state index < -0.39 is 5.91 Å². The maximum atomic E-state index is 12.7. The summed E-state index contributed by atoms with van der Waals surface area (Å²) < 4.78 is 5.63. The monoisotopic (exact) mass is 434 g/mol. The number of carbonyl (C=O) groups excluding carboxylic acids is 3. The Bertz CT molecular complexity index is 1320. The molecule has 4 rings (SSSR count). The number of carbonyl (C=O) groups is 3. The molecule has 10 heteroatoms. The van der Waals surface area contributed by atoms with Gasteiger partial charge in [-0.1, -0.05) is 0 Å². The zero-order chi connectivity index (χ0) is 22.7. The molecule has 0 aliphatic carbocycles. The largest absolute Gasteiger partial charge is 0.451 e. The van der Waals surface area contributed by atoms with Crippen molar-refractivity contribution in [3.8, 4) is 0 Å². The van der Waals surface area contributed by atoms with Gasteiger partial charge < -0.3 is 36.8 Å². The molecular formula is C22H22N6O4. The number of hydrogen-bond donors (Lipinski definition) is 6. The fraction of sp³-hybridized carbons (Fsp3) is 0.136. The molecule has 0 saturated heterocycles. The maximum Gasteiger partial charge on any atom is 0.291 e. The lowest BCUT2D eigenvalue weighted by Gasteiger charge is -2.03. The third-order valence-corrected chi connectivity index (χ3v) is 4.76. The Morgan fingerprint density at radius 3 is 2.41 bits per heavy atom. The Kier molecular flexibility index (Phi) is 5.88. The van der Waals surface area contributed by atoms with Crippen molar-refractivity contribution in [1.82, 2.24) is 10.3 Å². The average Bonchev–Trinajstić information content (AvgIpc) is 3.41. The second-order valence-electron chi connectivity index (χ2n) is 7.10. The fourth-order valence-corrected chi connectivity index (χ4v) is 3.25. The number of furan rings is 1. The molecule has 2 heterocycles. The van der Waals surface area contributed by atoms with Gasteiger partial charge in [-0.3, -0.25) is 14.4 Å². The van der Waals surface area contributed by atoms with Crippen LogP contribution in [0.15, 0.2) is 52.9 Å². The fourth-order valence-electron chi connectivity index (χ4n) is 3.25. The third kappa shape index (κ3) is 4.46. The van der Waals surface area contributed by atoms with E-state index in [1.807, 2.05) is 0 Å². The van der Waals surface area contributed by atoms with Crippen LogP contribution in [0.1, 0.15) is 21.0 Å². The van der Waals surface area contributed by atoms with Gasteiger partial charge in [0.1, 0.15) is 11.3 Å². The Balaban J connectivity index is 1.50. The van der Waals surface area contributed by atoms with Crippen LogP contribution in [-0.2, 0) is 4.79 Å². The summed E-state index contributed by atoms with van der Waals surface area (Å²) >= 11 is 0. The number of nitrogens with two attached hydrogens (primary N) is 2. The number of aromatic amines is 1. The number of nitrogens with one attached hydrogen (secondary N) is 4. The first kappa shape index (κ1) is 21.1. The molecular weight excluding hydrogens is 412 g/mol. The molecule has 2 aromatic heterocycles. The smallest absolute Gasteiger partial charge is 0.291 e. The van der Waals surface area contributed by atoms with E-state index in [4.69, 9.17) is 15.9 Å². The quantitative estimate of drug-likeness (QED) is 0.259. The SMILES string of the molecule is NCCNC(=O)c1cc2cc(NC(=O)c3cc4cc(NC(=O)CN)ccc4o3)ccc2[nH]1. The molecule has 0 fully saturated rings. The van der Waals surface area contributed by atoms with Gasteiger partial charge >= 0.3 is 0 Å². The van der Waals surface area contributed by atoms with Crippen molar-refractivity contribution in [2.45, 2.75) is 0 Å². The van der Waals surface area contributed by atoms with Crippen molar-refractivity contribution in [2.24, 2.45) is 11.5 Å². The number of rotatable bonds is 7. The molecule has 8 N–H and O–H groups in total. The standard InChI is InChI=1S/C22H22N6O4/c23-5-6-25-21(30)17-9-12-7-15(1-3-16(12)28-17)27-22(31)19-10-13-8-14(26-20(29)11-24)2-4-18(13)32-19/h1-4,7-10,28H,5-6,11,23-24H2,(H,25,30)(H,26,29)(H,27,31). The highest BCUT2D eigenvalue weighted by atomic mass is 16.3. The summed E-state index contributed by atoms with van der Waals surface area (Å²) in [7, 11) is 0. The first-order valence-electron chi connectivity index (χ1n) is 9.92. The highest BCUT2D eigenvalue weighted by molar-refractivity contribution is 6.06. The molecule has 0 radical (unpaired) electrons. The van der Waals surface area contributed by atoms with Gasteiger partial charge in [-0.2, -0.15) is 0 Å². The minimum Gasteiger partial charge on any atom is -0.451 e.